The Morgan fingerprint density at radius 3 is 2.56 bits per heavy atom. The number of carbonyl (C=O) groups excluding carboxylic acids is 2. The maximum Gasteiger partial charge on any atom is 0.573 e. The van der Waals surface area contributed by atoms with E-state index in [-0.39, 0.29) is 22.9 Å². The number of rotatable bonds is 3. The Morgan fingerprint density at radius 1 is 1.15 bits per heavy atom. The van der Waals surface area contributed by atoms with Gasteiger partial charge >= 0.3 is 6.36 Å². The highest BCUT2D eigenvalue weighted by Gasteiger charge is 2.48. The van der Waals surface area contributed by atoms with E-state index in [1.165, 1.54) is 23.9 Å². The number of benzene rings is 2. The lowest BCUT2D eigenvalue weighted by molar-refractivity contribution is -0.274. The number of hydrogen-bond donors (Lipinski definition) is 1. The van der Waals surface area contributed by atoms with E-state index in [2.05, 4.69) is 10.1 Å². The summed E-state index contributed by atoms with van der Waals surface area (Å²) in [5, 5.41) is 2.46. The van der Waals surface area contributed by atoms with Gasteiger partial charge in [0.2, 0.25) is 5.91 Å². The van der Waals surface area contributed by atoms with E-state index in [4.69, 9.17) is 0 Å². The molecule has 1 fully saturated rings. The molecule has 1 saturated heterocycles. The molecule has 5 nitrogen and oxygen atoms in total. The van der Waals surface area contributed by atoms with Crippen LogP contribution in [0.3, 0.4) is 0 Å². The molecule has 0 aliphatic carbocycles. The summed E-state index contributed by atoms with van der Waals surface area (Å²) in [6.07, 6.45) is -4.77. The van der Waals surface area contributed by atoms with Gasteiger partial charge in [0.15, 0.2) is 0 Å². The van der Waals surface area contributed by atoms with Gasteiger partial charge in [-0.1, -0.05) is 18.2 Å². The predicted octanol–water partition coefficient (Wildman–Crippen LogP) is 3.79. The zero-order valence-corrected chi connectivity index (χ0v) is 14.5. The molecule has 4 rings (SSSR count). The highest BCUT2D eigenvalue weighted by atomic mass is 32.2. The summed E-state index contributed by atoms with van der Waals surface area (Å²) in [6.45, 7) is 0. The van der Waals surface area contributed by atoms with Crippen molar-refractivity contribution in [2.75, 3.05) is 11.1 Å². The number of hydrogen-bond acceptors (Lipinski definition) is 4. The summed E-state index contributed by atoms with van der Waals surface area (Å²) in [5.74, 6) is -0.487. The molecule has 2 aromatic rings. The van der Waals surface area contributed by atoms with Crippen LogP contribution in [0.4, 0.5) is 18.9 Å². The fourth-order valence-corrected chi connectivity index (χ4v) is 4.67. The summed E-state index contributed by atoms with van der Waals surface area (Å²) in [4.78, 5) is 26.8. The topological polar surface area (TPSA) is 58.6 Å². The number of anilines is 1. The van der Waals surface area contributed by atoms with Crippen LogP contribution < -0.4 is 10.1 Å². The average molecular weight is 394 g/mol. The van der Waals surface area contributed by atoms with E-state index in [0.29, 0.717) is 17.0 Å². The summed E-state index contributed by atoms with van der Waals surface area (Å²) >= 11 is 1.51. The van der Waals surface area contributed by atoms with Gasteiger partial charge in [-0.25, -0.2) is 0 Å². The number of alkyl halides is 3. The predicted molar refractivity (Wildman–Crippen MR) is 93.4 cm³/mol. The van der Waals surface area contributed by atoms with Crippen molar-refractivity contribution in [2.24, 2.45) is 0 Å². The SMILES string of the molecule is O=C(Nc1ccc(OC(F)(F)F)cc1)[C@@H]1CS[C@@H]2c3ccccc3C(=O)N21. The van der Waals surface area contributed by atoms with Crippen molar-refractivity contribution in [3.63, 3.8) is 0 Å². The molecule has 2 aromatic carbocycles. The quantitative estimate of drug-likeness (QED) is 0.861. The van der Waals surface area contributed by atoms with Gasteiger partial charge in [-0.15, -0.1) is 24.9 Å². The molecule has 9 heteroatoms. The van der Waals surface area contributed by atoms with Crippen LogP contribution in [-0.4, -0.2) is 34.9 Å². The fourth-order valence-electron chi connectivity index (χ4n) is 3.21. The maximum atomic E-state index is 12.6. The molecule has 2 heterocycles. The number of nitrogens with one attached hydrogen (secondary N) is 1. The van der Waals surface area contributed by atoms with Gasteiger partial charge in [-0.3, -0.25) is 9.59 Å². The van der Waals surface area contributed by atoms with Crippen molar-refractivity contribution in [1.82, 2.24) is 4.90 Å². The van der Waals surface area contributed by atoms with Gasteiger partial charge in [0.25, 0.3) is 5.91 Å². The van der Waals surface area contributed by atoms with E-state index in [1.54, 1.807) is 17.0 Å². The Balaban J connectivity index is 1.46. The highest BCUT2D eigenvalue weighted by Crippen LogP contribution is 2.48. The van der Waals surface area contributed by atoms with E-state index in [1.807, 2.05) is 12.1 Å². The Morgan fingerprint density at radius 2 is 1.85 bits per heavy atom. The molecule has 0 saturated carbocycles. The van der Waals surface area contributed by atoms with E-state index < -0.39 is 12.4 Å². The summed E-state index contributed by atoms with van der Waals surface area (Å²) in [5.41, 5.74) is 1.82. The molecule has 0 aromatic heterocycles. The van der Waals surface area contributed by atoms with Crippen molar-refractivity contribution < 1.29 is 27.5 Å². The van der Waals surface area contributed by atoms with Crippen LogP contribution in [0.15, 0.2) is 48.5 Å². The Kier molecular flexibility index (Phi) is 4.26. The zero-order chi connectivity index (χ0) is 19.2. The smallest absolute Gasteiger partial charge is 0.406 e. The molecule has 0 unspecified atom stereocenters. The Hall–Kier alpha value is -2.68. The number of fused-ring (bicyclic) bond motifs is 3. The lowest BCUT2D eigenvalue weighted by Gasteiger charge is -2.22. The molecule has 0 spiro atoms. The van der Waals surface area contributed by atoms with Gasteiger partial charge in [0.05, 0.1) is 0 Å². The molecule has 27 heavy (non-hydrogen) atoms. The minimum absolute atomic E-state index is 0.185. The standard InChI is InChI=1S/C18H13F3N2O3S/c19-18(20,21)26-11-7-5-10(6-8-11)22-15(24)14-9-27-17-13-4-2-1-3-12(13)16(25)23(14)17/h1-8,14,17H,9H2,(H,22,24)/t14-,17+/m0/s1. The average Bonchev–Trinajstić information content (AvgIpc) is 3.16. The molecule has 0 radical (unpaired) electrons. The van der Waals surface area contributed by atoms with Crippen LogP contribution in [0.1, 0.15) is 21.3 Å². The maximum absolute atomic E-state index is 12.6. The minimum Gasteiger partial charge on any atom is -0.406 e. The molecular formula is C18H13F3N2O3S. The normalized spacial score (nSPS) is 21.0. The summed E-state index contributed by atoms with van der Waals surface area (Å²) in [7, 11) is 0. The number of nitrogens with zero attached hydrogens (tertiary/aromatic N) is 1. The van der Waals surface area contributed by atoms with E-state index >= 15 is 0 Å². The van der Waals surface area contributed by atoms with Gasteiger partial charge in [0, 0.05) is 17.0 Å². The van der Waals surface area contributed by atoms with E-state index in [0.717, 1.165) is 17.7 Å². The molecule has 140 valence electrons. The van der Waals surface area contributed by atoms with Crippen LogP contribution in [0.25, 0.3) is 0 Å². The van der Waals surface area contributed by atoms with Crippen molar-refractivity contribution >= 4 is 29.3 Å². The Bertz CT molecular complexity index is 901. The molecule has 2 atom stereocenters. The van der Waals surface area contributed by atoms with Crippen LogP contribution >= 0.6 is 11.8 Å². The van der Waals surface area contributed by atoms with Gasteiger partial charge in [0.1, 0.15) is 17.2 Å². The number of ether oxygens (including phenoxy) is 1. The van der Waals surface area contributed by atoms with Crippen molar-refractivity contribution in [3.8, 4) is 5.75 Å². The molecule has 2 aliphatic heterocycles. The van der Waals surface area contributed by atoms with Crippen LogP contribution in [-0.2, 0) is 4.79 Å². The third-order valence-corrected chi connectivity index (χ3v) is 5.66. The first-order valence-corrected chi connectivity index (χ1v) is 9.08. The first-order chi connectivity index (χ1) is 12.8. The second-order valence-corrected chi connectivity index (χ2v) is 7.18. The molecular weight excluding hydrogens is 381 g/mol. The van der Waals surface area contributed by atoms with E-state index in [9.17, 15) is 22.8 Å². The fraction of sp³-hybridized carbons (Fsp3) is 0.222. The Labute approximate surface area is 156 Å². The van der Waals surface area contributed by atoms with Gasteiger partial charge in [-0.2, -0.15) is 0 Å². The van der Waals surface area contributed by atoms with Crippen LogP contribution in [0.5, 0.6) is 5.75 Å². The third-order valence-electron chi connectivity index (χ3n) is 4.35. The van der Waals surface area contributed by atoms with Crippen LogP contribution in [0.2, 0.25) is 0 Å². The van der Waals surface area contributed by atoms with Crippen molar-refractivity contribution in [2.45, 2.75) is 17.8 Å². The zero-order valence-electron chi connectivity index (χ0n) is 13.7. The van der Waals surface area contributed by atoms with Gasteiger partial charge in [-0.05, 0) is 35.9 Å². The minimum atomic E-state index is -4.77. The summed E-state index contributed by atoms with van der Waals surface area (Å²) in [6, 6.07) is 11.5. The number of carbonyl (C=O) groups is 2. The number of amides is 2. The summed E-state index contributed by atoms with van der Waals surface area (Å²) < 4.78 is 40.4. The van der Waals surface area contributed by atoms with Crippen molar-refractivity contribution in [1.29, 1.82) is 0 Å². The van der Waals surface area contributed by atoms with Crippen molar-refractivity contribution in [3.05, 3.63) is 59.7 Å². The first-order valence-electron chi connectivity index (χ1n) is 8.03. The lowest BCUT2D eigenvalue weighted by atomic mass is 10.1. The second kappa shape index (κ2) is 6.49. The number of halogens is 3. The largest absolute Gasteiger partial charge is 0.573 e. The molecule has 0 bridgehead atoms. The molecule has 1 N–H and O–H groups in total. The molecule has 2 aliphatic rings. The van der Waals surface area contributed by atoms with Crippen LogP contribution in [0, 0.1) is 0 Å². The highest BCUT2D eigenvalue weighted by molar-refractivity contribution is 7.99. The van der Waals surface area contributed by atoms with Gasteiger partial charge < -0.3 is 15.0 Å². The molecule has 2 amide bonds. The second-order valence-electron chi connectivity index (χ2n) is 6.06. The third kappa shape index (κ3) is 3.34. The monoisotopic (exact) mass is 394 g/mol. The lowest BCUT2D eigenvalue weighted by Crippen LogP contribution is -2.42. The first kappa shape index (κ1) is 17.7. The number of thioether (sulfide) groups is 1.